The molecule has 0 aliphatic heterocycles. The van der Waals surface area contributed by atoms with E-state index in [0.717, 1.165) is 29.5 Å². The third-order valence-electron chi connectivity index (χ3n) is 4.33. The van der Waals surface area contributed by atoms with Gasteiger partial charge in [0.15, 0.2) is 0 Å². The zero-order chi connectivity index (χ0) is 12.7. The van der Waals surface area contributed by atoms with E-state index in [2.05, 4.69) is 40.7 Å². The minimum absolute atomic E-state index is 0.711. The van der Waals surface area contributed by atoms with Gasteiger partial charge in [-0.2, -0.15) is 5.37 Å². The highest BCUT2D eigenvalue weighted by Gasteiger charge is 2.21. The van der Waals surface area contributed by atoms with Crippen LogP contribution in [-0.2, 0) is 0 Å². The summed E-state index contributed by atoms with van der Waals surface area (Å²) in [6.07, 6.45) is 4.53. The molecule has 0 amide bonds. The number of allylic oxidation sites excluding steroid dienone is 1. The second kappa shape index (κ2) is 8.03. The van der Waals surface area contributed by atoms with E-state index in [1.165, 1.54) is 6.42 Å². The topological polar surface area (TPSA) is 0 Å². The fourth-order valence-electron chi connectivity index (χ4n) is 2.06. The van der Waals surface area contributed by atoms with Crippen LogP contribution in [0.3, 0.4) is 0 Å². The molecule has 0 aliphatic carbocycles. The molecule has 89 valence electrons. The standard InChI is InChI=1S/C14H27B2/c1-7-10(2)12(4)13(5)11(3)8-9-14(15)16-6/h9-13H,7-8H2,1-6H3/b14-9+. The molecule has 0 aliphatic rings. The minimum atomic E-state index is 0.711. The lowest BCUT2D eigenvalue weighted by Gasteiger charge is -2.29. The van der Waals surface area contributed by atoms with Crippen molar-refractivity contribution in [3.8, 4) is 0 Å². The van der Waals surface area contributed by atoms with Crippen LogP contribution in [0.15, 0.2) is 11.4 Å². The second-order valence-corrected chi connectivity index (χ2v) is 5.31. The fourth-order valence-corrected chi connectivity index (χ4v) is 2.06. The number of hydrogen-bond donors (Lipinski definition) is 0. The molecule has 0 bridgehead atoms. The van der Waals surface area contributed by atoms with Crippen LogP contribution in [0.25, 0.3) is 0 Å². The van der Waals surface area contributed by atoms with Crippen molar-refractivity contribution in [1.82, 2.24) is 0 Å². The summed E-state index contributed by atoms with van der Waals surface area (Å²) in [7, 11) is 7.76. The van der Waals surface area contributed by atoms with Crippen molar-refractivity contribution in [1.29, 1.82) is 0 Å². The van der Waals surface area contributed by atoms with E-state index in [1.807, 2.05) is 14.1 Å². The van der Waals surface area contributed by atoms with E-state index in [4.69, 9.17) is 7.85 Å². The van der Waals surface area contributed by atoms with Gasteiger partial charge >= 0.3 is 0 Å². The van der Waals surface area contributed by atoms with Gasteiger partial charge in [0, 0.05) is 0 Å². The zero-order valence-electron chi connectivity index (χ0n) is 12.0. The maximum absolute atomic E-state index is 5.79. The van der Waals surface area contributed by atoms with E-state index in [0.29, 0.717) is 5.92 Å². The van der Waals surface area contributed by atoms with Gasteiger partial charge in [-0.25, -0.2) is 0 Å². The summed E-state index contributed by atoms with van der Waals surface area (Å²) in [5.74, 6) is 3.08. The molecule has 0 aromatic heterocycles. The van der Waals surface area contributed by atoms with Gasteiger partial charge in [-0.3, -0.25) is 0 Å². The Balaban J connectivity index is 4.22. The molecule has 0 spiro atoms. The molecule has 4 unspecified atom stereocenters. The summed E-state index contributed by atoms with van der Waals surface area (Å²) >= 11 is 0. The Hall–Kier alpha value is -0.130. The van der Waals surface area contributed by atoms with Crippen LogP contribution in [0.1, 0.15) is 47.5 Å². The Bertz CT molecular complexity index is 211. The van der Waals surface area contributed by atoms with E-state index in [1.54, 1.807) is 0 Å². The number of hydrogen-bond acceptors (Lipinski definition) is 0. The molecule has 0 rings (SSSR count). The van der Waals surface area contributed by atoms with Crippen molar-refractivity contribution in [3.05, 3.63) is 11.4 Å². The van der Waals surface area contributed by atoms with Crippen molar-refractivity contribution in [3.63, 3.8) is 0 Å². The van der Waals surface area contributed by atoms with Gasteiger partial charge in [0.25, 0.3) is 0 Å². The van der Waals surface area contributed by atoms with Crippen molar-refractivity contribution >= 4 is 15.1 Å². The van der Waals surface area contributed by atoms with E-state index in [-0.39, 0.29) is 0 Å². The Morgan fingerprint density at radius 3 is 2.06 bits per heavy atom. The lowest BCUT2D eigenvalue weighted by molar-refractivity contribution is 0.209. The first-order valence-corrected chi connectivity index (χ1v) is 6.68. The summed E-state index contributed by atoms with van der Waals surface area (Å²) in [6.45, 7) is 13.7. The molecular formula is C14H27B2. The Morgan fingerprint density at radius 2 is 1.62 bits per heavy atom. The van der Waals surface area contributed by atoms with Crippen LogP contribution < -0.4 is 0 Å². The Kier molecular flexibility index (Phi) is 7.97. The zero-order valence-corrected chi connectivity index (χ0v) is 12.0. The van der Waals surface area contributed by atoms with Crippen molar-refractivity contribution in [2.75, 3.05) is 0 Å². The predicted molar refractivity (Wildman–Crippen MR) is 77.0 cm³/mol. The van der Waals surface area contributed by atoms with Crippen LogP contribution in [0.4, 0.5) is 0 Å². The summed E-state index contributed by atoms with van der Waals surface area (Å²) in [4.78, 5) is 0. The normalized spacial score (nSPS) is 20.0. The first-order valence-electron chi connectivity index (χ1n) is 6.68. The average molecular weight is 217 g/mol. The quantitative estimate of drug-likeness (QED) is 0.563. The molecule has 0 N–H and O–H groups in total. The van der Waals surface area contributed by atoms with Crippen LogP contribution >= 0.6 is 0 Å². The monoisotopic (exact) mass is 217 g/mol. The Labute approximate surface area is 105 Å². The van der Waals surface area contributed by atoms with E-state index in [9.17, 15) is 0 Å². The molecule has 3 radical (unpaired) electrons. The molecule has 0 saturated carbocycles. The number of rotatable bonds is 7. The molecule has 0 nitrogen and oxygen atoms in total. The van der Waals surface area contributed by atoms with E-state index >= 15 is 0 Å². The van der Waals surface area contributed by atoms with Crippen LogP contribution in [0, 0.1) is 23.7 Å². The third kappa shape index (κ3) is 5.27. The SMILES string of the molecule is [B]/C([B]C)=C\CC(C)C(C)C(C)C(C)CC. The van der Waals surface area contributed by atoms with Gasteiger partial charge in [-0.05, 0) is 30.1 Å². The minimum Gasteiger partial charge on any atom is -0.156 e. The van der Waals surface area contributed by atoms with Crippen LogP contribution in [0.2, 0.25) is 6.82 Å². The smallest absolute Gasteiger partial charge is 0.128 e. The van der Waals surface area contributed by atoms with E-state index < -0.39 is 0 Å². The van der Waals surface area contributed by atoms with Crippen molar-refractivity contribution in [2.24, 2.45) is 23.7 Å². The highest BCUT2D eigenvalue weighted by Crippen LogP contribution is 2.30. The van der Waals surface area contributed by atoms with Gasteiger partial charge in [0.05, 0.1) is 7.85 Å². The molecule has 0 heterocycles. The molecule has 0 saturated heterocycles. The van der Waals surface area contributed by atoms with Crippen LogP contribution in [0.5, 0.6) is 0 Å². The molecule has 0 fully saturated rings. The molecular weight excluding hydrogens is 190 g/mol. The third-order valence-corrected chi connectivity index (χ3v) is 4.33. The van der Waals surface area contributed by atoms with Gasteiger partial charge in [-0.1, -0.05) is 47.9 Å². The second-order valence-electron chi connectivity index (χ2n) is 5.31. The largest absolute Gasteiger partial charge is 0.156 e. The van der Waals surface area contributed by atoms with Crippen molar-refractivity contribution in [2.45, 2.75) is 54.3 Å². The summed E-state index contributed by atoms with van der Waals surface area (Å²) in [5, 5.41) is 0.912. The average Bonchev–Trinajstić information content (AvgIpc) is 2.32. The molecule has 16 heavy (non-hydrogen) atoms. The van der Waals surface area contributed by atoms with Crippen LogP contribution in [-0.4, -0.2) is 15.1 Å². The summed E-state index contributed by atoms with van der Waals surface area (Å²) in [5.41, 5.74) is 0. The summed E-state index contributed by atoms with van der Waals surface area (Å²) < 4.78 is 0. The lowest BCUT2D eigenvalue weighted by atomic mass is 9.61. The highest BCUT2D eigenvalue weighted by atomic mass is 14.3. The lowest BCUT2D eigenvalue weighted by Crippen LogP contribution is -2.21. The van der Waals surface area contributed by atoms with Gasteiger partial charge in [-0.15, -0.1) is 6.08 Å². The van der Waals surface area contributed by atoms with Crippen molar-refractivity contribution < 1.29 is 0 Å². The van der Waals surface area contributed by atoms with Gasteiger partial charge in [0.2, 0.25) is 0 Å². The Morgan fingerprint density at radius 1 is 1.12 bits per heavy atom. The molecule has 0 aromatic rings. The molecule has 2 heteroatoms. The maximum Gasteiger partial charge on any atom is 0.128 e. The predicted octanol–water partition coefficient (Wildman–Crippen LogP) is 4.09. The summed E-state index contributed by atoms with van der Waals surface area (Å²) in [6, 6.07) is 0. The molecule has 4 atom stereocenters. The first-order chi connectivity index (χ1) is 7.43. The van der Waals surface area contributed by atoms with Gasteiger partial charge < -0.3 is 0 Å². The fraction of sp³-hybridized carbons (Fsp3) is 0.857. The maximum atomic E-state index is 5.79. The van der Waals surface area contributed by atoms with Gasteiger partial charge in [0.1, 0.15) is 7.28 Å². The highest BCUT2D eigenvalue weighted by molar-refractivity contribution is 6.60. The molecule has 0 aromatic carbocycles. The first kappa shape index (κ1) is 15.9.